The molecule has 0 aliphatic carbocycles. The molecule has 3 aromatic rings. The van der Waals surface area contributed by atoms with E-state index in [0.717, 1.165) is 5.56 Å². The molecule has 0 radical (unpaired) electrons. The number of nitrogens with one attached hydrogen (secondary N) is 1. The minimum absolute atomic E-state index is 0.0858. The van der Waals surface area contributed by atoms with Gasteiger partial charge in [0.15, 0.2) is 0 Å². The van der Waals surface area contributed by atoms with Crippen LogP contribution in [0.5, 0.6) is 5.75 Å². The molecule has 2 aromatic carbocycles. The van der Waals surface area contributed by atoms with Crippen LogP contribution < -0.4 is 11.1 Å². The minimum atomic E-state index is -0.0858. The van der Waals surface area contributed by atoms with Crippen LogP contribution in [0.15, 0.2) is 60.8 Å². The summed E-state index contributed by atoms with van der Waals surface area (Å²) in [6.07, 6.45) is 1.86. The summed E-state index contributed by atoms with van der Waals surface area (Å²) < 4.78 is 3.88. The number of aromatic hydroxyl groups is 1. The first-order valence-electron chi connectivity index (χ1n) is 7.03. The van der Waals surface area contributed by atoms with E-state index in [1.807, 2.05) is 30.3 Å². The second kappa shape index (κ2) is 8.90. The third-order valence-corrected chi connectivity index (χ3v) is 3.99. The molecule has 5 nitrogen and oxygen atoms in total. The molecular weight excluding hydrogens is 346 g/mol. The smallest absolute Gasteiger partial charge is 0.229 e. The molecule has 0 spiro atoms. The molecule has 1 heterocycles. The predicted molar refractivity (Wildman–Crippen MR) is 98.4 cm³/mol. The Balaban J connectivity index is 0.000000219. The summed E-state index contributed by atoms with van der Waals surface area (Å²) >= 11 is 6.99. The zero-order chi connectivity index (χ0) is 17.4. The highest BCUT2D eigenvalue weighted by Crippen LogP contribution is 2.25. The lowest BCUT2D eigenvalue weighted by atomic mass is 10.1. The Kier molecular flexibility index (Phi) is 6.60. The van der Waals surface area contributed by atoms with Gasteiger partial charge in [-0.1, -0.05) is 41.9 Å². The number of rotatable bonds is 3. The number of hydrogen-bond acceptors (Lipinski definition) is 5. The van der Waals surface area contributed by atoms with Gasteiger partial charge in [-0.05, 0) is 41.4 Å². The number of phenolic OH excluding ortho intramolecular Hbond substituents is 1. The van der Waals surface area contributed by atoms with Gasteiger partial charge in [0.25, 0.3) is 0 Å². The van der Waals surface area contributed by atoms with Crippen molar-refractivity contribution in [2.45, 2.75) is 6.42 Å². The van der Waals surface area contributed by atoms with E-state index in [-0.39, 0.29) is 11.7 Å². The van der Waals surface area contributed by atoms with Crippen molar-refractivity contribution in [3.63, 3.8) is 0 Å². The number of aromatic nitrogens is 1. The number of carbonyl (C=O) groups is 1. The molecule has 1 aromatic heterocycles. The number of carbonyl (C=O) groups excluding carboxylic acids is 1. The van der Waals surface area contributed by atoms with Gasteiger partial charge in [0, 0.05) is 5.69 Å². The molecule has 0 atom stereocenters. The van der Waals surface area contributed by atoms with Crippen molar-refractivity contribution < 1.29 is 9.90 Å². The fraction of sp³-hybridized carbons (Fsp3) is 0.0588. The summed E-state index contributed by atoms with van der Waals surface area (Å²) in [5.41, 5.74) is 6.96. The largest absolute Gasteiger partial charge is 0.508 e. The van der Waals surface area contributed by atoms with Gasteiger partial charge in [-0.3, -0.25) is 4.79 Å². The van der Waals surface area contributed by atoms with Gasteiger partial charge < -0.3 is 16.2 Å². The van der Waals surface area contributed by atoms with Gasteiger partial charge in [0.1, 0.15) is 10.8 Å². The topological polar surface area (TPSA) is 88.2 Å². The zero-order valence-electron chi connectivity index (χ0n) is 12.6. The Morgan fingerprint density at radius 1 is 1.17 bits per heavy atom. The Labute approximate surface area is 148 Å². The number of phenols is 1. The van der Waals surface area contributed by atoms with Crippen LogP contribution >= 0.6 is 23.1 Å². The van der Waals surface area contributed by atoms with E-state index >= 15 is 0 Å². The van der Waals surface area contributed by atoms with E-state index in [1.54, 1.807) is 24.3 Å². The van der Waals surface area contributed by atoms with Gasteiger partial charge in [-0.2, -0.15) is 4.37 Å². The maximum atomic E-state index is 11.6. The van der Waals surface area contributed by atoms with Gasteiger partial charge in [-0.15, -0.1) is 0 Å². The van der Waals surface area contributed by atoms with Crippen molar-refractivity contribution in [3.8, 4) is 5.75 Å². The van der Waals surface area contributed by atoms with Gasteiger partial charge >= 0.3 is 0 Å². The zero-order valence-corrected chi connectivity index (χ0v) is 14.2. The Morgan fingerprint density at radius 2 is 1.83 bits per heavy atom. The first kappa shape index (κ1) is 17.8. The molecule has 124 valence electrons. The summed E-state index contributed by atoms with van der Waals surface area (Å²) in [7, 11) is 0. The number of nitrogen functional groups attached to an aromatic ring is 1. The van der Waals surface area contributed by atoms with Crippen LogP contribution in [0.4, 0.5) is 10.7 Å². The van der Waals surface area contributed by atoms with Crippen molar-refractivity contribution in [2.24, 2.45) is 0 Å². The SMILES string of the molecule is Nc1ccc(O)cc1.O=C(Cc1ccccc1)Nc1sncc1Cl. The average molecular weight is 362 g/mol. The molecule has 0 aliphatic rings. The van der Waals surface area contributed by atoms with Gasteiger partial charge in [0.05, 0.1) is 17.6 Å². The lowest BCUT2D eigenvalue weighted by molar-refractivity contribution is -0.115. The molecule has 7 heteroatoms. The van der Waals surface area contributed by atoms with Crippen molar-refractivity contribution in [2.75, 3.05) is 11.1 Å². The lowest BCUT2D eigenvalue weighted by Crippen LogP contribution is -2.13. The maximum Gasteiger partial charge on any atom is 0.229 e. The molecule has 0 fully saturated rings. The number of nitrogens with two attached hydrogens (primary N) is 1. The van der Waals surface area contributed by atoms with Crippen LogP contribution in [-0.2, 0) is 11.2 Å². The van der Waals surface area contributed by atoms with Crippen LogP contribution in [0, 0.1) is 0 Å². The number of amides is 1. The summed E-state index contributed by atoms with van der Waals surface area (Å²) in [6, 6.07) is 15.9. The maximum absolute atomic E-state index is 11.6. The number of nitrogens with zero attached hydrogens (tertiary/aromatic N) is 1. The van der Waals surface area contributed by atoms with Crippen LogP contribution in [0.1, 0.15) is 5.56 Å². The molecule has 0 saturated heterocycles. The Morgan fingerprint density at radius 3 is 2.38 bits per heavy atom. The molecule has 0 unspecified atom stereocenters. The summed E-state index contributed by atoms with van der Waals surface area (Å²) in [5.74, 6) is 0.163. The molecule has 1 amide bonds. The highest BCUT2D eigenvalue weighted by atomic mass is 35.5. The van der Waals surface area contributed by atoms with E-state index in [2.05, 4.69) is 9.69 Å². The monoisotopic (exact) mass is 361 g/mol. The first-order valence-corrected chi connectivity index (χ1v) is 8.18. The normalized spacial score (nSPS) is 9.71. The quantitative estimate of drug-likeness (QED) is 0.486. The molecule has 0 bridgehead atoms. The number of halogens is 1. The first-order chi connectivity index (χ1) is 11.5. The van der Waals surface area contributed by atoms with Crippen LogP contribution in [0.25, 0.3) is 0 Å². The van der Waals surface area contributed by atoms with Crippen LogP contribution in [0.3, 0.4) is 0 Å². The molecule has 24 heavy (non-hydrogen) atoms. The molecule has 4 N–H and O–H groups in total. The van der Waals surface area contributed by atoms with E-state index in [9.17, 15) is 4.79 Å². The standard InChI is InChI=1S/C11H9ClN2OS.C6H7NO/c12-9-7-13-16-11(9)14-10(15)6-8-4-2-1-3-5-8;7-5-1-3-6(8)4-2-5/h1-5,7H,6H2,(H,14,15);1-4,8H,7H2. The highest BCUT2D eigenvalue weighted by Gasteiger charge is 2.08. The number of benzene rings is 2. The second-order valence-electron chi connectivity index (χ2n) is 4.80. The lowest BCUT2D eigenvalue weighted by Gasteiger charge is -2.02. The van der Waals surface area contributed by atoms with E-state index in [4.69, 9.17) is 22.4 Å². The third kappa shape index (κ3) is 5.91. The van der Waals surface area contributed by atoms with Crippen LogP contribution in [0.2, 0.25) is 5.02 Å². The summed E-state index contributed by atoms with van der Waals surface area (Å²) in [5, 5.41) is 12.5. The fourth-order valence-electron chi connectivity index (χ4n) is 1.74. The van der Waals surface area contributed by atoms with E-state index < -0.39 is 0 Å². The van der Waals surface area contributed by atoms with E-state index in [1.165, 1.54) is 17.7 Å². The molecular formula is C17H16ClN3O2S. The highest BCUT2D eigenvalue weighted by molar-refractivity contribution is 7.11. The van der Waals surface area contributed by atoms with E-state index in [0.29, 0.717) is 22.1 Å². The van der Waals surface area contributed by atoms with Crippen molar-refractivity contribution in [1.29, 1.82) is 0 Å². The predicted octanol–water partition coefficient (Wildman–Crippen LogP) is 3.95. The third-order valence-electron chi connectivity index (χ3n) is 2.88. The molecule has 3 rings (SSSR count). The van der Waals surface area contributed by atoms with Gasteiger partial charge in [-0.25, -0.2) is 0 Å². The Bertz CT molecular complexity index is 755. The second-order valence-corrected chi connectivity index (χ2v) is 6.01. The van der Waals surface area contributed by atoms with Crippen molar-refractivity contribution in [3.05, 3.63) is 71.4 Å². The number of hydrogen-bond donors (Lipinski definition) is 3. The molecule has 0 aliphatic heterocycles. The summed E-state index contributed by atoms with van der Waals surface area (Å²) in [6.45, 7) is 0. The van der Waals surface area contributed by atoms with Crippen molar-refractivity contribution >= 4 is 39.7 Å². The Hall–Kier alpha value is -2.57. The van der Waals surface area contributed by atoms with Crippen molar-refractivity contribution in [1.82, 2.24) is 4.37 Å². The minimum Gasteiger partial charge on any atom is -0.508 e. The fourth-order valence-corrected chi connectivity index (χ4v) is 2.56. The number of anilines is 2. The summed E-state index contributed by atoms with van der Waals surface area (Å²) in [4.78, 5) is 11.6. The van der Waals surface area contributed by atoms with Gasteiger partial charge in [0.2, 0.25) is 5.91 Å². The average Bonchev–Trinajstić information content (AvgIpc) is 2.97. The van der Waals surface area contributed by atoms with Crippen LogP contribution in [-0.4, -0.2) is 15.4 Å². The molecule has 0 saturated carbocycles.